The van der Waals surface area contributed by atoms with Crippen molar-refractivity contribution in [2.24, 2.45) is 0 Å². The smallest absolute Gasteiger partial charge is 0.337 e. The zero-order valence-corrected chi connectivity index (χ0v) is 13.5. The minimum Gasteiger partial charge on any atom is -0.478 e. The third-order valence-corrected chi connectivity index (χ3v) is 5.24. The van der Waals surface area contributed by atoms with Gasteiger partial charge in [0.05, 0.1) is 15.5 Å². The van der Waals surface area contributed by atoms with Gasteiger partial charge in [-0.2, -0.15) is 11.8 Å². The number of nitrogens with one attached hydrogen (secondary N) is 1. The van der Waals surface area contributed by atoms with Crippen LogP contribution in [0.1, 0.15) is 23.7 Å². The lowest BCUT2D eigenvalue weighted by Gasteiger charge is -2.16. The summed E-state index contributed by atoms with van der Waals surface area (Å²) in [6.45, 7) is 1.88. The fraction of sp³-hybridized carbons (Fsp3) is 0.417. The zero-order valence-electron chi connectivity index (χ0n) is 11.1. The number of carboxylic acids is 1. The Labute approximate surface area is 127 Å². The molecule has 0 heterocycles. The van der Waals surface area contributed by atoms with Gasteiger partial charge in [-0.25, -0.2) is 17.9 Å². The van der Waals surface area contributed by atoms with Crippen molar-refractivity contribution >= 4 is 39.4 Å². The van der Waals surface area contributed by atoms with Crippen molar-refractivity contribution in [2.45, 2.75) is 24.3 Å². The van der Waals surface area contributed by atoms with Gasteiger partial charge in [0.15, 0.2) is 0 Å². The second kappa shape index (κ2) is 7.31. The van der Waals surface area contributed by atoms with Gasteiger partial charge >= 0.3 is 5.97 Å². The van der Waals surface area contributed by atoms with Gasteiger partial charge in [0.25, 0.3) is 0 Å². The molecule has 0 aliphatic rings. The molecule has 20 heavy (non-hydrogen) atoms. The van der Waals surface area contributed by atoms with E-state index in [2.05, 4.69) is 4.72 Å². The third kappa shape index (κ3) is 4.37. The van der Waals surface area contributed by atoms with Gasteiger partial charge in [-0.05, 0) is 30.9 Å². The van der Waals surface area contributed by atoms with E-state index in [0.717, 1.165) is 6.07 Å². The molecule has 112 valence electrons. The van der Waals surface area contributed by atoms with E-state index in [9.17, 15) is 13.2 Å². The normalized spacial score (nSPS) is 13.2. The van der Waals surface area contributed by atoms with E-state index in [1.165, 1.54) is 23.9 Å². The summed E-state index contributed by atoms with van der Waals surface area (Å²) < 4.78 is 27.0. The van der Waals surface area contributed by atoms with Crippen LogP contribution in [-0.4, -0.2) is 37.5 Å². The predicted octanol–water partition coefficient (Wildman–Crippen LogP) is 2.46. The number of hydrogen-bond donors (Lipinski definition) is 2. The Bertz CT molecular complexity index is 589. The van der Waals surface area contributed by atoms with Crippen molar-refractivity contribution in [3.63, 3.8) is 0 Å². The van der Waals surface area contributed by atoms with Gasteiger partial charge in [0, 0.05) is 11.8 Å². The summed E-state index contributed by atoms with van der Waals surface area (Å²) >= 11 is 7.26. The predicted molar refractivity (Wildman–Crippen MR) is 81.2 cm³/mol. The van der Waals surface area contributed by atoms with Crippen LogP contribution in [0.3, 0.4) is 0 Å². The van der Waals surface area contributed by atoms with Gasteiger partial charge in [0.1, 0.15) is 0 Å². The largest absolute Gasteiger partial charge is 0.478 e. The number of thioether (sulfide) groups is 1. The van der Waals surface area contributed by atoms with Crippen LogP contribution in [-0.2, 0) is 10.0 Å². The Morgan fingerprint density at radius 1 is 1.50 bits per heavy atom. The number of benzene rings is 1. The van der Waals surface area contributed by atoms with E-state index < -0.39 is 16.0 Å². The molecule has 1 unspecified atom stereocenters. The van der Waals surface area contributed by atoms with Crippen LogP contribution in [0.15, 0.2) is 23.1 Å². The molecule has 0 spiro atoms. The van der Waals surface area contributed by atoms with Crippen LogP contribution >= 0.6 is 23.4 Å². The van der Waals surface area contributed by atoms with Crippen molar-refractivity contribution < 1.29 is 18.3 Å². The van der Waals surface area contributed by atoms with Crippen LogP contribution in [0.2, 0.25) is 5.02 Å². The van der Waals surface area contributed by atoms with Crippen LogP contribution < -0.4 is 4.72 Å². The highest BCUT2D eigenvalue weighted by Gasteiger charge is 2.21. The lowest BCUT2D eigenvalue weighted by atomic mass is 10.2. The molecule has 2 N–H and O–H groups in total. The number of carboxylic acid groups (broad SMARTS) is 1. The lowest BCUT2D eigenvalue weighted by Crippen LogP contribution is -2.36. The highest BCUT2D eigenvalue weighted by molar-refractivity contribution is 7.98. The monoisotopic (exact) mass is 337 g/mol. The van der Waals surface area contributed by atoms with Gasteiger partial charge in [0.2, 0.25) is 10.0 Å². The average molecular weight is 338 g/mol. The zero-order chi connectivity index (χ0) is 15.3. The maximum atomic E-state index is 12.2. The van der Waals surface area contributed by atoms with E-state index >= 15 is 0 Å². The number of carbonyl (C=O) groups is 1. The molecule has 1 atom stereocenters. The first-order valence-corrected chi connectivity index (χ1v) is 9.11. The average Bonchev–Trinajstić information content (AvgIpc) is 2.37. The van der Waals surface area contributed by atoms with Crippen molar-refractivity contribution in [2.75, 3.05) is 12.0 Å². The topological polar surface area (TPSA) is 83.5 Å². The number of rotatable bonds is 7. The first kappa shape index (κ1) is 17.3. The summed E-state index contributed by atoms with van der Waals surface area (Å²) in [6, 6.07) is 3.44. The fourth-order valence-electron chi connectivity index (χ4n) is 1.56. The Hall–Kier alpha value is -0.760. The Kier molecular flexibility index (Phi) is 6.32. The van der Waals surface area contributed by atoms with Gasteiger partial charge < -0.3 is 5.11 Å². The molecule has 0 fully saturated rings. The molecule has 1 rings (SSSR count). The van der Waals surface area contributed by atoms with E-state index in [1.807, 2.05) is 13.2 Å². The summed E-state index contributed by atoms with van der Waals surface area (Å²) in [5, 5.41) is 8.97. The Balaban J connectivity index is 3.09. The summed E-state index contributed by atoms with van der Waals surface area (Å²) in [5.41, 5.74) is -0.229. The highest BCUT2D eigenvalue weighted by atomic mass is 35.5. The van der Waals surface area contributed by atoms with Crippen molar-refractivity contribution in [3.8, 4) is 0 Å². The number of aromatic carboxylic acids is 1. The van der Waals surface area contributed by atoms with Crippen molar-refractivity contribution in [1.82, 2.24) is 4.72 Å². The molecule has 0 amide bonds. The molecule has 1 aromatic rings. The molecular weight excluding hydrogens is 322 g/mol. The highest BCUT2D eigenvalue weighted by Crippen LogP contribution is 2.21. The van der Waals surface area contributed by atoms with Crippen molar-refractivity contribution in [1.29, 1.82) is 0 Å². The van der Waals surface area contributed by atoms with Gasteiger partial charge in [-0.1, -0.05) is 18.5 Å². The maximum absolute atomic E-state index is 12.2. The molecule has 0 aromatic heterocycles. The maximum Gasteiger partial charge on any atom is 0.337 e. The Morgan fingerprint density at radius 3 is 2.65 bits per heavy atom. The minimum atomic E-state index is -3.75. The lowest BCUT2D eigenvalue weighted by molar-refractivity contribution is 0.0697. The molecule has 8 heteroatoms. The fourth-order valence-corrected chi connectivity index (χ4v) is 3.93. The van der Waals surface area contributed by atoms with E-state index in [0.29, 0.717) is 12.2 Å². The third-order valence-electron chi connectivity index (χ3n) is 2.66. The molecule has 0 saturated heterocycles. The second-order valence-corrected chi connectivity index (χ2v) is 7.16. The van der Waals surface area contributed by atoms with Crippen molar-refractivity contribution in [3.05, 3.63) is 28.8 Å². The summed E-state index contributed by atoms with van der Waals surface area (Å²) in [5.74, 6) is -0.613. The minimum absolute atomic E-state index is 0.00704. The summed E-state index contributed by atoms with van der Waals surface area (Å²) in [6.07, 6.45) is 2.54. The first-order valence-electron chi connectivity index (χ1n) is 5.86. The first-order chi connectivity index (χ1) is 9.31. The number of halogens is 1. The van der Waals surface area contributed by atoms with Gasteiger partial charge in [-0.3, -0.25) is 0 Å². The number of sulfonamides is 1. The summed E-state index contributed by atoms with van der Waals surface area (Å²) in [7, 11) is -3.75. The standard InChI is InChI=1S/C12H16ClNO4S2/c1-3-8(7-19-2)14-20(17,18)9-4-5-11(13)10(6-9)12(15)16/h4-6,8,14H,3,7H2,1-2H3,(H,15,16). The molecule has 0 aliphatic heterocycles. The van der Waals surface area contributed by atoms with Crippen LogP contribution in [0, 0.1) is 0 Å². The van der Waals surface area contributed by atoms with Crippen LogP contribution in [0.25, 0.3) is 0 Å². The van der Waals surface area contributed by atoms with E-state index in [1.54, 1.807) is 0 Å². The summed E-state index contributed by atoms with van der Waals surface area (Å²) in [4.78, 5) is 10.9. The SMILES string of the molecule is CCC(CSC)NS(=O)(=O)c1ccc(Cl)c(C(=O)O)c1. The molecule has 0 radical (unpaired) electrons. The Morgan fingerprint density at radius 2 is 2.15 bits per heavy atom. The molecule has 0 bridgehead atoms. The van der Waals surface area contributed by atoms with E-state index in [-0.39, 0.29) is 21.5 Å². The van der Waals surface area contributed by atoms with Gasteiger partial charge in [-0.15, -0.1) is 0 Å². The molecule has 1 aromatic carbocycles. The molecule has 0 aliphatic carbocycles. The second-order valence-electron chi connectivity index (χ2n) is 4.13. The van der Waals surface area contributed by atoms with Crippen LogP contribution in [0.5, 0.6) is 0 Å². The van der Waals surface area contributed by atoms with E-state index in [4.69, 9.17) is 16.7 Å². The molecule has 0 saturated carbocycles. The molecule has 5 nitrogen and oxygen atoms in total. The quantitative estimate of drug-likeness (QED) is 0.798. The number of hydrogen-bond acceptors (Lipinski definition) is 4. The van der Waals surface area contributed by atoms with Crippen LogP contribution in [0.4, 0.5) is 0 Å². The molecular formula is C12H16ClNO4S2.